The van der Waals surface area contributed by atoms with Crippen LogP contribution in [-0.4, -0.2) is 11.6 Å². The molecule has 0 saturated heterocycles. The van der Waals surface area contributed by atoms with Crippen molar-refractivity contribution in [1.29, 1.82) is 5.26 Å². The van der Waals surface area contributed by atoms with Crippen molar-refractivity contribution in [2.75, 3.05) is 6.61 Å². The summed E-state index contributed by atoms with van der Waals surface area (Å²) in [5, 5.41) is 8.99. The maximum atomic E-state index is 11.6. The number of para-hydroxylation sites is 1. The van der Waals surface area contributed by atoms with Crippen LogP contribution in [0.1, 0.15) is 24.6 Å². The van der Waals surface area contributed by atoms with Gasteiger partial charge in [0.15, 0.2) is 0 Å². The van der Waals surface area contributed by atoms with Crippen LogP contribution >= 0.6 is 0 Å². The first-order chi connectivity index (χ1) is 9.67. The monoisotopic (exact) mass is 268 g/mol. The molecule has 0 aliphatic rings. The number of rotatable bonds is 4. The molecule has 0 unspecified atom stereocenters. The number of hydrogen-bond acceptors (Lipinski definition) is 3. The molecule has 0 aliphatic carbocycles. The van der Waals surface area contributed by atoms with Crippen molar-refractivity contribution < 1.29 is 4.74 Å². The van der Waals surface area contributed by atoms with E-state index in [9.17, 15) is 4.79 Å². The lowest BCUT2D eigenvalue weighted by Crippen LogP contribution is -2.12. The third kappa shape index (κ3) is 2.72. The molecule has 1 aromatic carbocycles. The van der Waals surface area contributed by atoms with Gasteiger partial charge in [-0.3, -0.25) is 4.79 Å². The maximum absolute atomic E-state index is 11.6. The first kappa shape index (κ1) is 13.9. The van der Waals surface area contributed by atoms with Crippen molar-refractivity contribution in [2.45, 2.75) is 20.3 Å². The summed E-state index contributed by atoms with van der Waals surface area (Å²) < 4.78 is 5.72. The molecule has 0 atom stereocenters. The van der Waals surface area contributed by atoms with E-state index < -0.39 is 0 Å². The molecule has 1 aromatic heterocycles. The van der Waals surface area contributed by atoms with Gasteiger partial charge in [-0.1, -0.05) is 25.1 Å². The van der Waals surface area contributed by atoms with Crippen LogP contribution in [0.5, 0.6) is 5.75 Å². The molecule has 0 spiro atoms. The summed E-state index contributed by atoms with van der Waals surface area (Å²) in [5.74, 6) is 0.758. The molecule has 0 amide bonds. The predicted octanol–water partition coefficient (Wildman–Crippen LogP) is 3.01. The second-order valence-corrected chi connectivity index (χ2v) is 4.51. The largest absolute Gasteiger partial charge is 0.493 e. The van der Waals surface area contributed by atoms with Gasteiger partial charge in [0.2, 0.25) is 0 Å². The lowest BCUT2D eigenvalue weighted by atomic mass is 10.0. The van der Waals surface area contributed by atoms with E-state index in [-0.39, 0.29) is 11.1 Å². The molecule has 0 saturated carbocycles. The van der Waals surface area contributed by atoms with E-state index in [0.717, 1.165) is 29.0 Å². The molecule has 4 heteroatoms. The van der Waals surface area contributed by atoms with E-state index >= 15 is 0 Å². The van der Waals surface area contributed by atoms with Crippen LogP contribution < -0.4 is 10.3 Å². The number of benzene rings is 1. The highest BCUT2D eigenvalue weighted by Gasteiger charge is 2.11. The summed E-state index contributed by atoms with van der Waals surface area (Å²) in [5.41, 5.74) is 2.16. The van der Waals surface area contributed by atoms with Crippen molar-refractivity contribution in [3.05, 3.63) is 51.9 Å². The van der Waals surface area contributed by atoms with Crippen LogP contribution in [0.4, 0.5) is 0 Å². The Hall–Kier alpha value is -2.54. The Bertz CT molecular complexity index is 711. The number of pyridine rings is 1. The van der Waals surface area contributed by atoms with E-state index in [1.54, 1.807) is 6.07 Å². The number of nitrogens with zero attached hydrogens (tertiary/aromatic N) is 1. The number of aromatic amines is 1. The van der Waals surface area contributed by atoms with Gasteiger partial charge in [-0.25, -0.2) is 0 Å². The van der Waals surface area contributed by atoms with Gasteiger partial charge in [0, 0.05) is 16.8 Å². The fourth-order valence-corrected chi connectivity index (χ4v) is 2.01. The second-order valence-electron chi connectivity index (χ2n) is 4.51. The molecule has 1 N–H and O–H groups in total. The van der Waals surface area contributed by atoms with E-state index in [1.807, 2.05) is 44.2 Å². The molecule has 20 heavy (non-hydrogen) atoms. The molecule has 0 bridgehead atoms. The highest BCUT2D eigenvalue weighted by molar-refractivity contribution is 5.73. The van der Waals surface area contributed by atoms with Crippen molar-refractivity contribution in [3.63, 3.8) is 0 Å². The molecule has 0 radical (unpaired) electrons. The van der Waals surface area contributed by atoms with Gasteiger partial charge in [0.05, 0.1) is 6.61 Å². The smallest absolute Gasteiger partial charge is 0.266 e. The summed E-state index contributed by atoms with van der Waals surface area (Å²) in [6.45, 7) is 4.49. The lowest BCUT2D eigenvalue weighted by molar-refractivity contribution is 0.318. The molecular weight excluding hydrogens is 252 g/mol. The average molecular weight is 268 g/mol. The Kier molecular flexibility index (Phi) is 4.21. The minimum Gasteiger partial charge on any atom is -0.493 e. The maximum Gasteiger partial charge on any atom is 0.266 e. The fourth-order valence-electron chi connectivity index (χ4n) is 2.01. The van der Waals surface area contributed by atoms with E-state index in [4.69, 9.17) is 10.00 Å². The zero-order valence-corrected chi connectivity index (χ0v) is 11.6. The summed E-state index contributed by atoms with van der Waals surface area (Å²) >= 11 is 0. The lowest BCUT2D eigenvalue weighted by Gasteiger charge is -2.12. The highest BCUT2D eigenvalue weighted by atomic mass is 16.5. The van der Waals surface area contributed by atoms with Crippen molar-refractivity contribution in [1.82, 2.24) is 4.98 Å². The minimum absolute atomic E-state index is 0.107. The third-order valence-corrected chi connectivity index (χ3v) is 3.00. The van der Waals surface area contributed by atoms with Crippen LogP contribution in [0.25, 0.3) is 11.1 Å². The first-order valence-electron chi connectivity index (χ1n) is 6.53. The van der Waals surface area contributed by atoms with Crippen LogP contribution in [0.2, 0.25) is 0 Å². The highest BCUT2D eigenvalue weighted by Crippen LogP contribution is 2.31. The Morgan fingerprint density at radius 3 is 2.75 bits per heavy atom. The third-order valence-electron chi connectivity index (χ3n) is 3.00. The number of hydrogen-bond donors (Lipinski definition) is 1. The quantitative estimate of drug-likeness (QED) is 0.926. The van der Waals surface area contributed by atoms with E-state index in [2.05, 4.69) is 4.98 Å². The summed E-state index contributed by atoms with van der Waals surface area (Å²) in [6.07, 6.45) is 0.919. The summed E-state index contributed by atoms with van der Waals surface area (Å²) in [4.78, 5) is 14.3. The number of H-pyrrole nitrogens is 1. The van der Waals surface area contributed by atoms with E-state index in [1.165, 1.54) is 0 Å². The van der Waals surface area contributed by atoms with Crippen molar-refractivity contribution in [2.24, 2.45) is 0 Å². The number of aryl methyl sites for hydroxylation is 1. The van der Waals surface area contributed by atoms with E-state index in [0.29, 0.717) is 6.61 Å². The fraction of sp³-hybridized carbons (Fsp3) is 0.250. The van der Waals surface area contributed by atoms with Crippen LogP contribution in [0, 0.1) is 18.3 Å². The standard InChI is InChI=1S/C16H16N2O2/c1-3-8-20-15-7-5-4-6-13(15)14-9-12(10-17)16(19)18-11(14)2/h4-7,9H,3,8H2,1-2H3,(H,18,19). The number of nitrogens with one attached hydrogen (secondary N) is 1. The molecule has 0 fully saturated rings. The molecule has 2 rings (SSSR count). The Labute approximate surface area is 117 Å². The SMILES string of the molecule is CCCOc1ccccc1-c1cc(C#N)c(=O)[nH]c1C. The topological polar surface area (TPSA) is 65.9 Å². The molecule has 0 aliphatic heterocycles. The summed E-state index contributed by atoms with van der Waals surface area (Å²) in [6, 6.07) is 11.1. The molecule has 4 nitrogen and oxygen atoms in total. The minimum atomic E-state index is -0.360. The number of nitriles is 1. The zero-order chi connectivity index (χ0) is 14.5. The van der Waals surface area contributed by atoms with Crippen LogP contribution in [-0.2, 0) is 0 Å². The van der Waals surface area contributed by atoms with Crippen LogP contribution in [0.15, 0.2) is 35.1 Å². The second kappa shape index (κ2) is 6.07. The van der Waals surface area contributed by atoms with Gasteiger partial charge in [-0.15, -0.1) is 0 Å². The zero-order valence-electron chi connectivity index (χ0n) is 11.6. The Balaban J connectivity index is 2.57. The van der Waals surface area contributed by atoms with Crippen molar-refractivity contribution >= 4 is 0 Å². The van der Waals surface area contributed by atoms with Gasteiger partial charge < -0.3 is 9.72 Å². The normalized spacial score (nSPS) is 10.1. The van der Waals surface area contributed by atoms with Gasteiger partial charge in [-0.05, 0) is 25.5 Å². The molecular formula is C16H16N2O2. The Morgan fingerprint density at radius 1 is 1.30 bits per heavy atom. The molecule has 102 valence electrons. The molecule has 1 heterocycles. The predicted molar refractivity (Wildman–Crippen MR) is 77.7 cm³/mol. The Morgan fingerprint density at radius 2 is 2.05 bits per heavy atom. The van der Waals surface area contributed by atoms with Gasteiger partial charge >= 0.3 is 0 Å². The summed E-state index contributed by atoms with van der Waals surface area (Å²) in [7, 11) is 0. The molecule has 2 aromatic rings. The number of ether oxygens (including phenoxy) is 1. The first-order valence-corrected chi connectivity index (χ1v) is 6.53. The van der Waals surface area contributed by atoms with Gasteiger partial charge in [0.1, 0.15) is 17.4 Å². The van der Waals surface area contributed by atoms with Crippen LogP contribution in [0.3, 0.4) is 0 Å². The van der Waals surface area contributed by atoms with Gasteiger partial charge in [0.25, 0.3) is 5.56 Å². The van der Waals surface area contributed by atoms with Gasteiger partial charge in [-0.2, -0.15) is 5.26 Å². The average Bonchev–Trinajstić information content (AvgIpc) is 2.46. The number of aromatic nitrogens is 1. The van der Waals surface area contributed by atoms with Crippen molar-refractivity contribution in [3.8, 4) is 22.9 Å².